The number of ether oxygens (including phenoxy) is 2. The Hall–Kier alpha value is -2.85. The van der Waals surface area contributed by atoms with Gasteiger partial charge in [0.15, 0.2) is 0 Å². The highest BCUT2D eigenvalue weighted by molar-refractivity contribution is 5.71. The molecule has 0 aliphatic carbocycles. The monoisotopic (exact) mass is 452 g/mol. The Bertz CT molecular complexity index is 868. The van der Waals surface area contributed by atoms with Gasteiger partial charge in [0.2, 0.25) is 0 Å². The molecule has 1 unspecified atom stereocenters. The summed E-state index contributed by atoms with van der Waals surface area (Å²) < 4.78 is 33.4. The zero-order valence-corrected chi connectivity index (χ0v) is 18.6. The fourth-order valence-electron chi connectivity index (χ4n) is 3.36. The number of aromatic nitrogens is 2. The largest absolute Gasteiger partial charge is 0.507 e. The highest BCUT2D eigenvalue weighted by Crippen LogP contribution is 2.33. The molecule has 32 heavy (non-hydrogen) atoms. The molecule has 0 radical (unpaired) electrons. The van der Waals surface area contributed by atoms with Gasteiger partial charge in [-0.25, -0.2) is 0 Å². The van der Waals surface area contributed by atoms with Crippen LogP contribution in [0.4, 0.5) is 14.6 Å². The minimum atomic E-state index is -2.96. The Morgan fingerprint density at radius 3 is 2.69 bits per heavy atom. The van der Waals surface area contributed by atoms with Crippen LogP contribution >= 0.6 is 0 Å². The van der Waals surface area contributed by atoms with Crippen LogP contribution in [0.2, 0.25) is 0 Å². The number of aryl methyl sites for hydroxylation is 1. The first kappa shape index (κ1) is 25.4. The number of carbonyl (C=O) groups is 1. The predicted octanol–water partition coefficient (Wildman–Crippen LogP) is 3.49. The number of anilines is 1. The first-order valence-electron chi connectivity index (χ1n) is 10.4. The summed E-state index contributed by atoms with van der Waals surface area (Å²) in [7, 11) is 1.68. The maximum Gasteiger partial charge on any atom is 0.387 e. The average molecular weight is 453 g/mol. The van der Waals surface area contributed by atoms with Crippen LogP contribution < -0.4 is 10.1 Å². The third-order valence-corrected chi connectivity index (χ3v) is 4.91. The lowest BCUT2D eigenvalue weighted by Crippen LogP contribution is -2.42. The highest BCUT2D eigenvalue weighted by atomic mass is 19.3. The van der Waals surface area contributed by atoms with Crippen molar-refractivity contribution in [2.45, 2.75) is 39.3 Å². The molecule has 1 fully saturated rings. The zero-order chi connectivity index (χ0) is 23.5. The number of phenols is 1. The molecule has 1 aliphatic heterocycles. The van der Waals surface area contributed by atoms with Crippen LogP contribution in [0.5, 0.6) is 11.5 Å². The summed E-state index contributed by atoms with van der Waals surface area (Å²) in [6, 6.07) is 5.93. The van der Waals surface area contributed by atoms with Crippen LogP contribution in [0.25, 0.3) is 11.3 Å². The number of phenolic OH excluding ortho intramolecular Hbond substituents is 1. The number of benzene rings is 1. The van der Waals surface area contributed by atoms with Gasteiger partial charge in [-0.1, -0.05) is 0 Å². The van der Waals surface area contributed by atoms with Gasteiger partial charge in [-0.3, -0.25) is 4.90 Å². The molecule has 1 atom stereocenters. The first-order chi connectivity index (χ1) is 15.4. The molecule has 176 valence electrons. The number of carbonyl (C=O) groups excluding carboxylic acids is 1. The first-order valence-corrected chi connectivity index (χ1v) is 10.4. The van der Waals surface area contributed by atoms with E-state index in [2.05, 4.69) is 29.9 Å². The van der Waals surface area contributed by atoms with Crippen molar-refractivity contribution in [3.63, 3.8) is 0 Å². The van der Waals surface area contributed by atoms with Gasteiger partial charge in [0, 0.05) is 37.9 Å². The number of methoxy groups -OCH3 is 1. The van der Waals surface area contributed by atoms with Crippen molar-refractivity contribution in [1.29, 1.82) is 0 Å². The average Bonchev–Trinajstić information content (AvgIpc) is 2.75. The van der Waals surface area contributed by atoms with Gasteiger partial charge >= 0.3 is 6.61 Å². The Labute approximate surface area is 186 Å². The molecule has 0 bridgehead atoms. The third kappa shape index (κ3) is 7.69. The Kier molecular flexibility index (Phi) is 10.2. The Morgan fingerprint density at radius 2 is 2.09 bits per heavy atom. The van der Waals surface area contributed by atoms with Gasteiger partial charge in [0.05, 0.1) is 12.2 Å². The van der Waals surface area contributed by atoms with E-state index in [1.807, 2.05) is 19.9 Å². The number of nitrogens with zero attached hydrogens (tertiary/aromatic N) is 3. The number of alkyl halides is 2. The summed E-state index contributed by atoms with van der Waals surface area (Å²) in [4.78, 5) is 12.8. The summed E-state index contributed by atoms with van der Waals surface area (Å²) in [6.45, 7) is 3.74. The van der Waals surface area contributed by atoms with Crippen molar-refractivity contribution in [3.8, 4) is 22.8 Å². The highest BCUT2D eigenvalue weighted by Gasteiger charge is 2.20. The minimum Gasteiger partial charge on any atom is -0.507 e. The number of hydrogen-bond acceptors (Lipinski definition) is 8. The number of aldehydes is 1. The lowest BCUT2D eigenvalue weighted by molar-refractivity contribution is -0.109. The molecule has 1 saturated heterocycles. The van der Waals surface area contributed by atoms with Gasteiger partial charge in [0.1, 0.15) is 23.6 Å². The molecule has 1 aromatic heterocycles. The second kappa shape index (κ2) is 12.9. The van der Waals surface area contributed by atoms with Crippen LogP contribution in [0.3, 0.4) is 0 Å². The van der Waals surface area contributed by atoms with E-state index in [4.69, 9.17) is 0 Å². The van der Waals surface area contributed by atoms with E-state index in [1.165, 1.54) is 12.1 Å². The topological polar surface area (TPSA) is 96.8 Å². The predicted molar refractivity (Wildman–Crippen MR) is 117 cm³/mol. The van der Waals surface area contributed by atoms with E-state index in [0.717, 1.165) is 50.5 Å². The number of aromatic hydroxyl groups is 1. The van der Waals surface area contributed by atoms with E-state index in [0.29, 0.717) is 23.6 Å². The second-order valence-electron chi connectivity index (χ2n) is 7.31. The molecule has 0 saturated carbocycles. The summed E-state index contributed by atoms with van der Waals surface area (Å²) >= 11 is 0. The number of nitrogens with one attached hydrogen (secondary N) is 1. The molecule has 2 N–H and O–H groups in total. The number of hydrogen-bond donors (Lipinski definition) is 2. The van der Waals surface area contributed by atoms with Gasteiger partial charge in [-0.2, -0.15) is 8.78 Å². The lowest BCUT2D eigenvalue weighted by Gasteiger charge is -2.32. The van der Waals surface area contributed by atoms with Gasteiger partial charge < -0.3 is 24.7 Å². The van der Waals surface area contributed by atoms with Crippen LogP contribution in [0, 0.1) is 6.92 Å². The maximum absolute atomic E-state index is 12.3. The van der Waals surface area contributed by atoms with Gasteiger partial charge in [-0.05, 0) is 57.0 Å². The molecule has 8 nitrogen and oxygen atoms in total. The number of piperidine rings is 1. The molecule has 2 heterocycles. The van der Waals surface area contributed by atoms with Gasteiger partial charge in [-0.15, -0.1) is 10.2 Å². The standard InChI is InChI=1S/C19H22F2N4O3.C3H8O/c1-12-9-17(22-13-3-2-6-25(11-13)7-8-26)23-24-18(12)15-5-4-14(10-16(15)27)28-19(20)21;1-3-4-2/h4-5,8-10,13,19,27H,2-3,6-7,11H2,1H3,(H,22,23);3H2,1-2H3. The van der Waals surface area contributed by atoms with Crippen molar-refractivity contribution < 1.29 is 28.2 Å². The summed E-state index contributed by atoms with van der Waals surface area (Å²) in [5.74, 6) is 0.265. The van der Waals surface area contributed by atoms with E-state index in [1.54, 1.807) is 7.11 Å². The molecular formula is C22H30F2N4O4. The second-order valence-corrected chi connectivity index (χ2v) is 7.31. The van der Waals surface area contributed by atoms with Crippen LogP contribution in [-0.4, -0.2) is 72.5 Å². The molecule has 0 spiro atoms. The van der Waals surface area contributed by atoms with Gasteiger partial charge in [0.25, 0.3) is 0 Å². The smallest absolute Gasteiger partial charge is 0.387 e. The Balaban J connectivity index is 0.000000837. The molecule has 2 aromatic rings. The third-order valence-electron chi connectivity index (χ3n) is 4.91. The molecule has 1 aromatic carbocycles. The van der Waals surface area contributed by atoms with Crippen LogP contribution in [0.1, 0.15) is 25.3 Å². The van der Waals surface area contributed by atoms with Crippen molar-refractivity contribution in [2.75, 3.05) is 38.7 Å². The van der Waals surface area contributed by atoms with Crippen molar-refractivity contribution in [3.05, 3.63) is 29.8 Å². The van der Waals surface area contributed by atoms with Crippen molar-refractivity contribution in [2.24, 2.45) is 0 Å². The maximum atomic E-state index is 12.3. The number of rotatable bonds is 8. The molecule has 0 amide bonds. The summed E-state index contributed by atoms with van der Waals surface area (Å²) in [5, 5.41) is 21.9. The number of likely N-dealkylation sites (tertiary alicyclic amines) is 1. The SMILES string of the molecule is CCOC.Cc1cc(NC2CCCN(CC=O)C2)nnc1-c1ccc(OC(F)F)cc1O. The van der Waals surface area contributed by atoms with E-state index < -0.39 is 6.61 Å². The van der Waals surface area contributed by atoms with Crippen LogP contribution in [0.15, 0.2) is 24.3 Å². The van der Waals surface area contributed by atoms with Crippen molar-refractivity contribution in [1.82, 2.24) is 15.1 Å². The lowest BCUT2D eigenvalue weighted by atomic mass is 10.0. The molecular weight excluding hydrogens is 422 g/mol. The fraction of sp³-hybridized carbons (Fsp3) is 0.500. The quantitative estimate of drug-likeness (QED) is 0.588. The summed E-state index contributed by atoms with van der Waals surface area (Å²) in [6.07, 6.45) is 2.88. The van der Waals surface area contributed by atoms with E-state index >= 15 is 0 Å². The van der Waals surface area contributed by atoms with E-state index in [9.17, 15) is 18.7 Å². The Morgan fingerprint density at radius 1 is 1.34 bits per heavy atom. The molecule has 3 rings (SSSR count). The van der Waals surface area contributed by atoms with Crippen molar-refractivity contribution >= 4 is 12.1 Å². The van der Waals surface area contributed by atoms with E-state index in [-0.39, 0.29) is 17.5 Å². The molecule has 10 heteroatoms. The number of halogens is 2. The minimum absolute atomic E-state index is 0.127. The summed E-state index contributed by atoms with van der Waals surface area (Å²) in [5.41, 5.74) is 1.61. The van der Waals surface area contributed by atoms with Crippen LogP contribution in [-0.2, 0) is 9.53 Å². The fourth-order valence-corrected chi connectivity index (χ4v) is 3.36. The normalized spacial score (nSPS) is 16.2. The zero-order valence-electron chi connectivity index (χ0n) is 18.6. The molecule has 1 aliphatic rings.